The number of rotatable bonds is 3. The largest absolute Gasteiger partial charge is 0.369 e. The van der Waals surface area contributed by atoms with Gasteiger partial charge in [0.15, 0.2) is 0 Å². The predicted octanol–water partition coefficient (Wildman–Crippen LogP) is -0.480. The zero-order chi connectivity index (χ0) is 12.0. The molecule has 3 N–H and O–H groups in total. The number of primary amides is 1. The van der Waals surface area contributed by atoms with Crippen molar-refractivity contribution >= 4 is 17.8 Å². The normalized spacial score (nSPS) is 24.4. The van der Waals surface area contributed by atoms with E-state index in [1.165, 1.54) is 4.90 Å². The van der Waals surface area contributed by atoms with Crippen LogP contribution in [0.5, 0.6) is 0 Å². The van der Waals surface area contributed by atoms with Crippen molar-refractivity contribution < 1.29 is 9.59 Å². The molecule has 7 heteroatoms. The van der Waals surface area contributed by atoms with E-state index in [4.69, 9.17) is 5.73 Å². The van der Waals surface area contributed by atoms with Gasteiger partial charge in [-0.2, -0.15) is 4.98 Å². The van der Waals surface area contributed by atoms with Crippen LogP contribution in [-0.2, 0) is 9.59 Å². The molecule has 0 bridgehead atoms. The maximum atomic E-state index is 11.7. The Labute approximate surface area is 97.4 Å². The zero-order valence-electron chi connectivity index (χ0n) is 9.22. The van der Waals surface area contributed by atoms with Gasteiger partial charge in [0, 0.05) is 18.9 Å². The first-order chi connectivity index (χ1) is 8.15. The van der Waals surface area contributed by atoms with E-state index in [-0.39, 0.29) is 18.9 Å². The Kier molecular flexibility index (Phi) is 2.13. The Bertz CT molecular complexity index is 479. The second-order valence-corrected chi connectivity index (χ2v) is 4.60. The molecule has 1 saturated heterocycles. The minimum atomic E-state index is -0.446. The SMILES string of the molecule is NC(=O)C1CC(=O)N(c2n[nH]c(C3CC3)n2)C1. The van der Waals surface area contributed by atoms with Gasteiger partial charge >= 0.3 is 0 Å². The quantitative estimate of drug-likeness (QED) is 0.738. The number of nitrogens with one attached hydrogen (secondary N) is 1. The minimum Gasteiger partial charge on any atom is -0.369 e. The molecule has 1 saturated carbocycles. The number of aromatic nitrogens is 3. The monoisotopic (exact) mass is 235 g/mol. The number of nitrogens with two attached hydrogens (primary N) is 1. The van der Waals surface area contributed by atoms with Crippen molar-refractivity contribution in [2.75, 3.05) is 11.4 Å². The highest BCUT2D eigenvalue weighted by atomic mass is 16.2. The van der Waals surface area contributed by atoms with Crippen LogP contribution in [0.3, 0.4) is 0 Å². The van der Waals surface area contributed by atoms with Crippen LogP contribution >= 0.6 is 0 Å². The maximum absolute atomic E-state index is 11.7. The Morgan fingerprint density at radius 1 is 1.47 bits per heavy atom. The van der Waals surface area contributed by atoms with Gasteiger partial charge in [-0.15, -0.1) is 5.10 Å². The number of anilines is 1. The summed E-state index contributed by atoms with van der Waals surface area (Å²) in [5.41, 5.74) is 5.20. The van der Waals surface area contributed by atoms with Gasteiger partial charge in [-0.1, -0.05) is 0 Å². The molecule has 1 aliphatic heterocycles. The van der Waals surface area contributed by atoms with Crippen LogP contribution in [0.4, 0.5) is 5.95 Å². The lowest BCUT2D eigenvalue weighted by molar-refractivity contribution is -0.123. The van der Waals surface area contributed by atoms with Gasteiger partial charge in [-0.25, -0.2) is 0 Å². The molecule has 1 atom stereocenters. The predicted molar refractivity (Wildman–Crippen MR) is 58.0 cm³/mol. The number of carbonyl (C=O) groups excluding carboxylic acids is 2. The fourth-order valence-electron chi connectivity index (χ4n) is 2.02. The molecule has 7 nitrogen and oxygen atoms in total. The Hall–Kier alpha value is -1.92. The molecule has 17 heavy (non-hydrogen) atoms. The molecule has 1 aliphatic carbocycles. The standard InChI is InChI=1S/C10H13N5O2/c11-8(17)6-3-7(16)15(4-6)10-12-9(13-14-10)5-1-2-5/h5-6H,1-4H2,(H2,11,17)(H,12,13,14). The van der Waals surface area contributed by atoms with Crippen molar-refractivity contribution in [3.8, 4) is 0 Å². The first-order valence-corrected chi connectivity index (χ1v) is 5.67. The number of H-pyrrole nitrogens is 1. The van der Waals surface area contributed by atoms with Crippen LogP contribution in [0, 0.1) is 5.92 Å². The van der Waals surface area contributed by atoms with Gasteiger partial charge in [0.2, 0.25) is 11.8 Å². The van der Waals surface area contributed by atoms with E-state index in [0.717, 1.165) is 18.7 Å². The summed E-state index contributed by atoms with van der Waals surface area (Å²) in [7, 11) is 0. The molecule has 2 amide bonds. The van der Waals surface area contributed by atoms with E-state index < -0.39 is 11.8 Å². The van der Waals surface area contributed by atoms with Gasteiger partial charge in [0.25, 0.3) is 5.95 Å². The maximum Gasteiger partial charge on any atom is 0.251 e. The van der Waals surface area contributed by atoms with E-state index >= 15 is 0 Å². The third-order valence-corrected chi connectivity index (χ3v) is 3.22. The summed E-state index contributed by atoms with van der Waals surface area (Å²) < 4.78 is 0. The summed E-state index contributed by atoms with van der Waals surface area (Å²) in [6.45, 7) is 0.288. The van der Waals surface area contributed by atoms with E-state index in [9.17, 15) is 9.59 Å². The van der Waals surface area contributed by atoms with Gasteiger partial charge in [0.1, 0.15) is 5.82 Å². The highest BCUT2D eigenvalue weighted by Gasteiger charge is 2.36. The Morgan fingerprint density at radius 3 is 2.82 bits per heavy atom. The number of carbonyl (C=O) groups is 2. The van der Waals surface area contributed by atoms with Crippen molar-refractivity contribution in [2.45, 2.75) is 25.2 Å². The van der Waals surface area contributed by atoms with Gasteiger partial charge in [-0.3, -0.25) is 19.6 Å². The molecule has 2 heterocycles. The van der Waals surface area contributed by atoms with E-state index in [0.29, 0.717) is 11.9 Å². The molecular weight excluding hydrogens is 222 g/mol. The molecule has 0 aromatic carbocycles. The molecule has 0 radical (unpaired) electrons. The van der Waals surface area contributed by atoms with Crippen molar-refractivity contribution in [3.63, 3.8) is 0 Å². The second kappa shape index (κ2) is 3.54. The highest BCUT2D eigenvalue weighted by Crippen LogP contribution is 2.38. The molecular formula is C10H13N5O2. The van der Waals surface area contributed by atoms with E-state index in [2.05, 4.69) is 15.2 Å². The Balaban J connectivity index is 1.78. The molecule has 2 aliphatic rings. The summed E-state index contributed by atoms with van der Waals surface area (Å²) in [6, 6.07) is 0. The lowest BCUT2D eigenvalue weighted by Crippen LogP contribution is -2.29. The summed E-state index contributed by atoms with van der Waals surface area (Å²) in [5.74, 6) is 0.635. The topological polar surface area (TPSA) is 105 Å². The number of hydrogen-bond donors (Lipinski definition) is 2. The minimum absolute atomic E-state index is 0.143. The lowest BCUT2D eigenvalue weighted by atomic mass is 10.1. The van der Waals surface area contributed by atoms with Crippen LogP contribution in [0.1, 0.15) is 31.0 Å². The molecule has 1 aromatic rings. The third-order valence-electron chi connectivity index (χ3n) is 3.22. The van der Waals surface area contributed by atoms with Crippen LogP contribution in [-0.4, -0.2) is 33.5 Å². The van der Waals surface area contributed by atoms with E-state index in [1.54, 1.807) is 0 Å². The fraction of sp³-hybridized carbons (Fsp3) is 0.600. The van der Waals surface area contributed by atoms with Crippen molar-refractivity contribution in [1.82, 2.24) is 15.2 Å². The van der Waals surface area contributed by atoms with Gasteiger partial charge in [-0.05, 0) is 12.8 Å². The van der Waals surface area contributed by atoms with Crippen LogP contribution in [0.15, 0.2) is 0 Å². The number of aromatic amines is 1. The van der Waals surface area contributed by atoms with Crippen molar-refractivity contribution in [1.29, 1.82) is 0 Å². The summed E-state index contributed by atoms with van der Waals surface area (Å²) in [4.78, 5) is 28.5. The summed E-state index contributed by atoms with van der Waals surface area (Å²) in [6.07, 6.45) is 2.39. The second-order valence-electron chi connectivity index (χ2n) is 4.60. The van der Waals surface area contributed by atoms with Gasteiger partial charge < -0.3 is 5.73 Å². The first-order valence-electron chi connectivity index (χ1n) is 5.67. The fourth-order valence-corrected chi connectivity index (χ4v) is 2.02. The number of nitrogens with zero attached hydrogens (tertiary/aromatic N) is 3. The summed E-state index contributed by atoms with van der Waals surface area (Å²) in [5, 5.41) is 6.86. The number of hydrogen-bond acceptors (Lipinski definition) is 4. The smallest absolute Gasteiger partial charge is 0.251 e. The molecule has 90 valence electrons. The molecule has 3 rings (SSSR count). The van der Waals surface area contributed by atoms with Crippen molar-refractivity contribution in [2.24, 2.45) is 11.7 Å². The molecule has 1 aromatic heterocycles. The average molecular weight is 235 g/mol. The Morgan fingerprint density at radius 2 is 2.24 bits per heavy atom. The van der Waals surface area contributed by atoms with Crippen molar-refractivity contribution in [3.05, 3.63) is 5.82 Å². The number of amides is 2. The molecule has 1 unspecified atom stereocenters. The zero-order valence-corrected chi connectivity index (χ0v) is 9.22. The van der Waals surface area contributed by atoms with Crippen LogP contribution in [0.25, 0.3) is 0 Å². The summed E-state index contributed by atoms with van der Waals surface area (Å²) >= 11 is 0. The third kappa shape index (κ3) is 1.77. The molecule has 0 spiro atoms. The van der Waals surface area contributed by atoms with Gasteiger partial charge in [0.05, 0.1) is 5.92 Å². The average Bonchev–Trinajstić information content (AvgIpc) is 2.88. The van der Waals surface area contributed by atoms with Crippen LogP contribution in [0.2, 0.25) is 0 Å². The highest BCUT2D eigenvalue weighted by molar-refractivity contribution is 5.98. The molecule has 2 fully saturated rings. The first kappa shape index (κ1) is 10.2. The van der Waals surface area contributed by atoms with Crippen LogP contribution < -0.4 is 10.6 Å². The lowest BCUT2D eigenvalue weighted by Gasteiger charge is -2.10. The van der Waals surface area contributed by atoms with E-state index in [1.807, 2.05) is 0 Å².